The molecule has 0 radical (unpaired) electrons. The quantitative estimate of drug-likeness (QED) is 0.119. The van der Waals surface area contributed by atoms with Crippen molar-refractivity contribution in [2.24, 2.45) is 0 Å². The van der Waals surface area contributed by atoms with E-state index in [1.165, 1.54) is 24.1 Å². The number of hydrogen-bond acceptors (Lipinski definition) is 8. The molecular formula is C43H49FN8O3. The molecule has 3 fully saturated rings. The summed E-state index contributed by atoms with van der Waals surface area (Å²) in [6.07, 6.45) is 5.51. The minimum atomic E-state index is -0.361. The Hall–Kier alpha value is -5.17. The van der Waals surface area contributed by atoms with Crippen molar-refractivity contribution in [1.29, 1.82) is 0 Å². The summed E-state index contributed by atoms with van der Waals surface area (Å²) in [6, 6.07) is 21.2. The van der Waals surface area contributed by atoms with Crippen LogP contribution < -0.4 is 21.3 Å². The number of likely N-dealkylation sites (tertiary alicyclic amines) is 1. The van der Waals surface area contributed by atoms with E-state index in [1.807, 2.05) is 36.0 Å². The molecule has 0 spiro atoms. The van der Waals surface area contributed by atoms with Crippen LogP contribution >= 0.6 is 0 Å². The molecule has 4 N–H and O–H groups in total. The molecule has 3 aliphatic rings. The smallest absolute Gasteiger partial charge is 0.251 e. The molecule has 1 unspecified atom stereocenters. The van der Waals surface area contributed by atoms with E-state index in [4.69, 9.17) is 9.72 Å². The molecule has 0 aliphatic carbocycles. The van der Waals surface area contributed by atoms with Gasteiger partial charge in [0.15, 0.2) is 5.65 Å². The number of hydrogen-bond donors (Lipinski definition) is 4. The highest BCUT2D eigenvalue weighted by Crippen LogP contribution is 2.32. The van der Waals surface area contributed by atoms with Crippen molar-refractivity contribution in [1.82, 2.24) is 35.6 Å². The molecule has 2 amide bonds. The Labute approximate surface area is 321 Å². The van der Waals surface area contributed by atoms with Gasteiger partial charge < -0.3 is 26.0 Å². The van der Waals surface area contributed by atoms with E-state index < -0.39 is 0 Å². The summed E-state index contributed by atoms with van der Waals surface area (Å²) < 4.78 is 22.4. The predicted octanol–water partition coefficient (Wildman–Crippen LogP) is 5.82. The molecule has 3 aromatic carbocycles. The lowest BCUT2D eigenvalue weighted by atomic mass is 10.00. The van der Waals surface area contributed by atoms with Crippen LogP contribution in [0.15, 0.2) is 72.9 Å². The van der Waals surface area contributed by atoms with Gasteiger partial charge in [0.2, 0.25) is 0 Å². The summed E-state index contributed by atoms with van der Waals surface area (Å²) in [5, 5.41) is 18.8. The van der Waals surface area contributed by atoms with E-state index in [2.05, 4.69) is 50.3 Å². The Morgan fingerprint density at radius 1 is 0.927 bits per heavy atom. The monoisotopic (exact) mass is 744 g/mol. The van der Waals surface area contributed by atoms with Crippen LogP contribution in [0, 0.1) is 5.82 Å². The Kier molecular flexibility index (Phi) is 10.9. The van der Waals surface area contributed by atoms with Crippen LogP contribution in [-0.2, 0) is 37.3 Å². The van der Waals surface area contributed by atoms with Crippen LogP contribution in [0.3, 0.4) is 0 Å². The third kappa shape index (κ3) is 8.12. The molecule has 0 saturated carbocycles. The fourth-order valence-corrected chi connectivity index (χ4v) is 8.30. The van der Waals surface area contributed by atoms with Crippen molar-refractivity contribution in [3.05, 3.63) is 112 Å². The van der Waals surface area contributed by atoms with Gasteiger partial charge in [-0.15, -0.1) is 0 Å². The molecule has 286 valence electrons. The third-order valence-corrected chi connectivity index (χ3v) is 11.2. The van der Waals surface area contributed by atoms with Gasteiger partial charge in [-0.05, 0) is 97.3 Å². The van der Waals surface area contributed by atoms with Gasteiger partial charge in [0.05, 0.1) is 17.3 Å². The second-order valence-corrected chi connectivity index (χ2v) is 14.9. The van der Waals surface area contributed by atoms with Gasteiger partial charge >= 0.3 is 0 Å². The highest BCUT2D eigenvalue weighted by atomic mass is 19.1. The van der Waals surface area contributed by atoms with Crippen molar-refractivity contribution in [2.75, 3.05) is 31.6 Å². The van der Waals surface area contributed by atoms with Crippen LogP contribution in [0.4, 0.5) is 10.1 Å². The minimum absolute atomic E-state index is 0.135. The standard InChI is InChI=1S/C43H49FN8O3/c1-3-39-37(40(49-34-11-13-55-14-12-34)38-24-48-52(4-2)41(38)50-39)23-47-43(54)31-10-6-9-30(18-31)42(53)46-21-28-16-32(19-33(44)17-28)29-8-5-7-27(15-29)25-51-26-35-20-36(51)22-45-35/h5-10,15-19,24,34-36,45H,3-4,11-14,20-23,25-26H2,1-2H3,(H,46,53)(H,47,54)(H,49,50)/t35-,36?/m0/s1. The molecular weight excluding hydrogens is 696 g/mol. The number of amides is 2. The Bertz CT molecular complexity index is 2200. The van der Waals surface area contributed by atoms with E-state index in [0.717, 1.165) is 71.6 Å². The minimum Gasteiger partial charge on any atom is -0.381 e. The predicted molar refractivity (Wildman–Crippen MR) is 211 cm³/mol. The highest BCUT2D eigenvalue weighted by Gasteiger charge is 2.37. The first-order valence-electron chi connectivity index (χ1n) is 19.6. The summed E-state index contributed by atoms with van der Waals surface area (Å²) in [4.78, 5) is 34.5. The summed E-state index contributed by atoms with van der Waals surface area (Å²) in [6.45, 7) is 9.57. The SMILES string of the molecule is CCc1nc2c(cnn2CC)c(NC2CCOCC2)c1CNC(=O)c1cccc(C(=O)NCc2cc(F)cc(-c3cccc(CN4C[C@@H]5CC4CN5)c3)c2)c1. The first kappa shape index (κ1) is 36.8. The number of nitrogens with zero attached hydrogens (tertiary/aromatic N) is 4. The lowest BCUT2D eigenvalue weighted by Crippen LogP contribution is -2.42. The number of nitrogens with one attached hydrogen (secondary N) is 4. The Balaban J connectivity index is 0.933. The zero-order valence-electron chi connectivity index (χ0n) is 31.5. The van der Waals surface area contributed by atoms with E-state index >= 15 is 0 Å². The van der Waals surface area contributed by atoms with Gasteiger partial charge in [-0.1, -0.05) is 31.2 Å². The topological polar surface area (TPSA) is 125 Å². The van der Waals surface area contributed by atoms with E-state index in [-0.39, 0.29) is 36.8 Å². The first-order chi connectivity index (χ1) is 26.8. The third-order valence-electron chi connectivity index (χ3n) is 11.2. The molecule has 2 aromatic heterocycles. The average Bonchev–Trinajstić information content (AvgIpc) is 3.96. The average molecular weight is 745 g/mol. The maximum absolute atomic E-state index is 14.9. The van der Waals surface area contributed by atoms with Crippen LogP contribution in [0.5, 0.6) is 0 Å². The molecule has 3 saturated heterocycles. The van der Waals surface area contributed by atoms with E-state index in [9.17, 15) is 14.0 Å². The summed E-state index contributed by atoms with van der Waals surface area (Å²) >= 11 is 0. The number of aromatic nitrogens is 3. The molecule has 2 bridgehead atoms. The second-order valence-electron chi connectivity index (χ2n) is 14.9. The largest absolute Gasteiger partial charge is 0.381 e. The number of halogens is 1. The van der Waals surface area contributed by atoms with Gasteiger partial charge in [0.1, 0.15) is 5.82 Å². The zero-order chi connectivity index (χ0) is 37.9. The van der Waals surface area contributed by atoms with Crippen LogP contribution in [0.25, 0.3) is 22.2 Å². The fraction of sp³-hybridized carbons (Fsp3) is 0.395. The fourth-order valence-electron chi connectivity index (χ4n) is 8.30. The Morgan fingerprint density at radius 3 is 2.42 bits per heavy atom. The molecule has 5 aromatic rings. The molecule has 12 heteroatoms. The molecule has 3 aliphatic heterocycles. The van der Waals surface area contributed by atoms with Gasteiger partial charge in [0.25, 0.3) is 11.8 Å². The summed E-state index contributed by atoms with van der Waals surface area (Å²) in [5.74, 6) is -1.01. The molecule has 5 heterocycles. The normalized spacial score (nSPS) is 18.5. The van der Waals surface area contributed by atoms with Gasteiger partial charge in [-0.2, -0.15) is 5.10 Å². The van der Waals surface area contributed by atoms with Crippen LogP contribution in [-0.4, -0.2) is 75.9 Å². The number of pyridine rings is 1. The molecule has 55 heavy (non-hydrogen) atoms. The number of rotatable bonds is 13. The number of carbonyl (C=O) groups is 2. The lowest BCUT2D eigenvalue weighted by molar-refractivity contribution is 0.0904. The number of carbonyl (C=O) groups excluding carboxylic acids is 2. The maximum atomic E-state index is 14.9. The highest BCUT2D eigenvalue weighted by molar-refractivity contribution is 6.00. The van der Waals surface area contributed by atoms with E-state index in [1.54, 1.807) is 24.3 Å². The van der Waals surface area contributed by atoms with Crippen LogP contribution in [0.2, 0.25) is 0 Å². The van der Waals surface area contributed by atoms with Gasteiger partial charge in [-0.25, -0.2) is 14.1 Å². The molecule has 11 nitrogen and oxygen atoms in total. The summed E-state index contributed by atoms with van der Waals surface area (Å²) in [7, 11) is 0. The number of ether oxygens (including phenoxy) is 1. The first-order valence-corrected chi connectivity index (χ1v) is 19.6. The molecule has 2 atom stereocenters. The summed E-state index contributed by atoms with van der Waals surface area (Å²) in [5.41, 5.74) is 7.85. The maximum Gasteiger partial charge on any atom is 0.251 e. The number of anilines is 1. The van der Waals surface area contributed by atoms with Gasteiger partial charge in [-0.3, -0.25) is 14.5 Å². The van der Waals surface area contributed by atoms with Crippen molar-refractivity contribution >= 4 is 28.5 Å². The van der Waals surface area contributed by atoms with Crippen molar-refractivity contribution < 1.29 is 18.7 Å². The van der Waals surface area contributed by atoms with Crippen LogP contribution in [0.1, 0.15) is 76.2 Å². The lowest BCUT2D eigenvalue weighted by Gasteiger charge is -2.27. The van der Waals surface area contributed by atoms with Gasteiger partial charge in [0, 0.05) is 93.0 Å². The number of piperazine rings is 1. The molecule has 8 rings (SSSR count). The van der Waals surface area contributed by atoms with Crippen molar-refractivity contribution in [3.63, 3.8) is 0 Å². The number of fused-ring (bicyclic) bond motifs is 3. The van der Waals surface area contributed by atoms with Crippen molar-refractivity contribution in [2.45, 2.75) is 83.8 Å². The van der Waals surface area contributed by atoms with Crippen molar-refractivity contribution in [3.8, 4) is 11.1 Å². The number of aryl methyl sites for hydroxylation is 2. The Morgan fingerprint density at radius 2 is 1.69 bits per heavy atom. The number of benzene rings is 3. The zero-order valence-corrected chi connectivity index (χ0v) is 31.5. The second kappa shape index (κ2) is 16.3. The van der Waals surface area contributed by atoms with E-state index in [0.29, 0.717) is 55.0 Å².